The van der Waals surface area contributed by atoms with Crippen molar-refractivity contribution in [3.8, 4) is 0 Å². The Kier molecular flexibility index (Phi) is 2.45. The molecule has 1 heteroatoms. The smallest absolute Gasteiger partial charge is 0.00623 e. The maximum Gasteiger partial charge on any atom is -0.00623 e. The van der Waals surface area contributed by atoms with Crippen LogP contribution >= 0.6 is 11.8 Å². The lowest BCUT2D eigenvalue weighted by Gasteiger charge is -2.43. The standard InChI is InChI=1S/C10H18S/c1-2-8-11-9-7-10(4-1)5-3-6-10/h1-9H2. The first kappa shape index (κ1) is 7.97. The molecule has 1 saturated carbocycles. The molecule has 0 radical (unpaired) electrons. The van der Waals surface area contributed by atoms with Gasteiger partial charge in [0.1, 0.15) is 0 Å². The van der Waals surface area contributed by atoms with Crippen molar-refractivity contribution in [1.29, 1.82) is 0 Å². The van der Waals surface area contributed by atoms with Gasteiger partial charge in [-0.1, -0.05) is 12.8 Å². The monoisotopic (exact) mass is 170 g/mol. The highest BCUT2D eigenvalue weighted by atomic mass is 32.2. The molecule has 2 rings (SSSR count). The number of rotatable bonds is 0. The van der Waals surface area contributed by atoms with Gasteiger partial charge in [0.2, 0.25) is 0 Å². The van der Waals surface area contributed by atoms with E-state index >= 15 is 0 Å². The lowest BCUT2D eigenvalue weighted by molar-refractivity contribution is 0.111. The van der Waals surface area contributed by atoms with Crippen molar-refractivity contribution in [3.05, 3.63) is 0 Å². The Morgan fingerprint density at radius 2 is 1.55 bits per heavy atom. The summed E-state index contributed by atoms with van der Waals surface area (Å²) in [6, 6.07) is 0. The molecular formula is C10H18S. The van der Waals surface area contributed by atoms with Crippen molar-refractivity contribution in [1.82, 2.24) is 0 Å². The van der Waals surface area contributed by atoms with Crippen molar-refractivity contribution >= 4 is 11.8 Å². The second kappa shape index (κ2) is 3.38. The molecule has 0 bridgehead atoms. The molecule has 1 spiro atoms. The van der Waals surface area contributed by atoms with Gasteiger partial charge in [-0.15, -0.1) is 0 Å². The zero-order chi connectivity index (χ0) is 7.57. The molecule has 1 aliphatic carbocycles. The van der Waals surface area contributed by atoms with Gasteiger partial charge in [0.15, 0.2) is 0 Å². The van der Waals surface area contributed by atoms with E-state index in [0.717, 1.165) is 5.41 Å². The van der Waals surface area contributed by atoms with Crippen molar-refractivity contribution in [3.63, 3.8) is 0 Å². The van der Waals surface area contributed by atoms with Crippen molar-refractivity contribution in [2.24, 2.45) is 5.41 Å². The topological polar surface area (TPSA) is 0 Å². The summed E-state index contributed by atoms with van der Waals surface area (Å²) in [5, 5.41) is 0. The summed E-state index contributed by atoms with van der Waals surface area (Å²) in [4.78, 5) is 0. The lowest BCUT2D eigenvalue weighted by Crippen LogP contribution is -2.30. The van der Waals surface area contributed by atoms with Crippen molar-refractivity contribution < 1.29 is 0 Å². The molecule has 1 heterocycles. The Morgan fingerprint density at radius 1 is 0.727 bits per heavy atom. The van der Waals surface area contributed by atoms with Gasteiger partial charge in [0, 0.05) is 0 Å². The molecular weight excluding hydrogens is 152 g/mol. The summed E-state index contributed by atoms with van der Waals surface area (Å²) in [6.45, 7) is 0. The molecule has 1 saturated heterocycles. The van der Waals surface area contributed by atoms with Gasteiger partial charge in [-0.05, 0) is 49.0 Å². The van der Waals surface area contributed by atoms with Crippen molar-refractivity contribution in [2.45, 2.75) is 44.9 Å². The molecule has 0 aromatic carbocycles. The highest BCUT2D eigenvalue weighted by Crippen LogP contribution is 2.49. The summed E-state index contributed by atoms with van der Waals surface area (Å²) < 4.78 is 0. The Bertz CT molecular complexity index is 117. The molecule has 0 N–H and O–H groups in total. The number of hydrogen-bond donors (Lipinski definition) is 0. The summed E-state index contributed by atoms with van der Waals surface area (Å²) in [5.74, 6) is 2.87. The first-order chi connectivity index (χ1) is 5.41. The SMILES string of the molecule is C1CCC2(CCC2)CCSC1. The average Bonchev–Trinajstić information content (AvgIpc) is 1.82. The van der Waals surface area contributed by atoms with Gasteiger partial charge in [0.05, 0.1) is 0 Å². The van der Waals surface area contributed by atoms with E-state index in [1.165, 1.54) is 37.2 Å². The fourth-order valence-electron chi connectivity index (χ4n) is 2.40. The van der Waals surface area contributed by atoms with E-state index in [2.05, 4.69) is 11.8 Å². The largest absolute Gasteiger partial charge is 0.162 e. The van der Waals surface area contributed by atoms with Crippen LogP contribution in [0.5, 0.6) is 0 Å². The van der Waals surface area contributed by atoms with Gasteiger partial charge >= 0.3 is 0 Å². The van der Waals surface area contributed by atoms with Crippen LogP contribution in [0.2, 0.25) is 0 Å². The summed E-state index contributed by atoms with van der Waals surface area (Å²) >= 11 is 2.18. The Morgan fingerprint density at radius 3 is 2.27 bits per heavy atom. The predicted octanol–water partition coefficient (Wildman–Crippen LogP) is 3.46. The van der Waals surface area contributed by atoms with Gasteiger partial charge in [-0.2, -0.15) is 11.8 Å². The zero-order valence-corrected chi connectivity index (χ0v) is 8.09. The molecule has 0 aromatic heterocycles. The van der Waals surface area contributed by atoms with Crippen LogP contribution in [0.4, 0.5) is 0 Å². The first-order valence-corrected chi connectivity index (χ1v) is 6.15. The molecule has 0 atom stereocenters. The highest BCUT2D eigenvalue weighted by Gasteiger charge is 2.35. The average molecular weight is 170 g/mol. The fraction of sp³-hybridized carbons (Fsp3) is 1.00. The fourth-order valence-corrected chi connectivity index (χ4v) is 3.59. The molecule has 2 fully saturated rings. The van der Waals surface area contributed by atoms with Gasteiger partial charge in [-0.3, -0.25) is 0 Å². The Hall–Kier alpha value is 0.350. The second-order valence-electron chi connectivity index (χ2n) is 4.17. The molecule has 1 aliphatic heterocycles. The minimum Gasteiger partial charge on any atom is -0.162 e. The van der Waals surface area contributed by atoms with E-state index in [1.54, 1.807) is 19.3 Å². The minimum absolute atomic E-state index is 0.855. The van der Waals surface area contributed by atoms with Crippen LogP contribution in [0, 0.1) is 5.41 Å². The molecule has 0 nitrogen and oxygen atoms in total. The van der Waals surface area contributed by atoms with Crippen LogP contribution in [-0.2, 0) is 0 Å². The van der Waals surface area contributed by atoms with E-state index in [1.807, 2.05) is 0 Å². The first-order valence-electron chi connectivity index (χ1n) is 4.99. The summed E-state index contributed by atoms with van der Waals surface area (Å²) in [6.07, 6.45) is 10.7. The molecule has 0 aromatic rings. The lowest BCUT2D eigenvalue weighted by atomic mass is 9.64. The zero-order valence-electron chi connectivity index (χ0n) is 7.27. The number of hydrogen-bond acceptors (Lipinski definition) is 1. The van der Waals surface area contributed by atoms with Gasteiger partial charge < -0.3 is 0 Å². The van der Waals surface area contributed by atoms with Crippen LogP contribution in [0.1, 0.15) is 44.9 Å². The van der Waals surface area contributed by atoms with E-state index in [4.69, 9.17) is 0 Å². The molecule has 0 unspecified atom stereocenters. The summed E-state index contributed by atoms with van der Waals surface area (Å²) in [7, 11) is 0. The van der Waals surface area contributed by atoms with E-state index in [9.17, 15) is 0 Å². The molecule has 2 aliphatic rings. The third kappa shape index (κ3) is 1.74. The normalized spacial score (nSPS) is 30.5. The van der Waals surface area contributed by atoms with Crippen LogP contribution in [0.15, 0.2) is 0 Å². The van der Waals surface area contributed by atoms with Crippen LogP contribution < -0.4 is 0 Å². The quantitative estimate of drug-likeness (QED) is 0.536. The van der Waals surface area contributed by atoms with E-state index < -0.39 is 0 Å². The van der Waals surface area contributed by atoms with E-state index in [-0.39, 0.29) is 0 Å². The highest BCUT2D eigenvalue weighted by molar-refractivity contribution is 7.99. The van der Waals surface area contributed by atoms with Crippen LogP contribution in [0.25, 0.3) is 0 Å². The van der Waals surface area contributed by atoms with Gasteiger partial charge in [-0.25, -0.2) is 0 Å². The Labute approximate surface area is 74.1 Å². The summed E-state index contributed by atoms with van der Waals surface area (Å²) in [5.41, 5.74) is 0.855. The third-order valence-corrected chi connectivity index (χ3v) is 4.51. The third-order valence-electron chi connectivity index (χ3n) is 3.44. The van der Waals surface area contributed by atoms with Gasteiger partial charge in [0.25, 0.3) is 0 Å². The minimum atomic E-state index is 0.855. The second-order valence-corrected chi connectivity index (χ2v) is 5.40. The predicted molar refractivity (Wildman–Crippen MR) is 52.1 cm³/mol. The number of thioether (sulfide) groups is 1. The van der Waals surface area contributed by atoms with E-state index in [0.29, 0.717) is 0 Å². The molecule has 64 valence electrons. The Balaban J connectivity index is 1.86. The maximum absolute atomic E-state index is 2.18. The molecule has 0 amide bonds. The maximum atomic E-state index is 2.18. The van der Waals surface area contributed by atoms with Crippen LogP contribution in [0.3, 0.4) is 0 Å². The molecule has 11 heavy (non-hydrogen) atoms. The van der Waals surface area contributed by atoms with Crippen molar-refractivity contribution in [2.75, 3.05) is 11.5 Å². The van der Waals surface area contributed by atoms with Crippen LogP contribution in [-0.4, -0.2) is 11.5 Å².